The van der Waals surface area contributed by atoms with E-state index in [1.54, 1.807) is 19.2 Å². The molecule has 1 aliphatic heterocycles. The van der Waals surface area contributed by atoms with E-state index in [4.69, 9.17) is 5.14 Å². The first kappa shape index (κ1) is 25.6. The minimum absolute atomic E-state index is 0. The Morgan fingerprint density at radius 2 is 1.55 bits per heavy atom. The van der Waals surface area contributed by atoms with Crippen molar-refractivity contribution in [1.29, 1.82) is 0 Å². The second-order valence-electron chi connectivity index (χ2n) is 7.59. The van der Waals surface area contributed by atoms with E-state index in [1.807, 2.05) is 0 Å². The van der Waals surface area contributed by atoms with E-state index in [0.29, 0.717) is 13.1 Å². The first-order chi connectivity index (χ1) is 14.4. The van der Waals surface area contributed by atoms with E-state index in [0.717, 1.165) is 24.5 Å². The van der Waals surface area contributed by atoms with E-state index in [1.165, 1.54) is 49.2 Å². The van der Waals surface area contributed by atoms with E-state index in [-0.39, 0.29) is 28.9 Å². The monoisotopic (exact) mass is 557 g/mol. The Hall–Kier alpha value is -1.69. The van der Waals surface area contributed by atoms with Crippen LogP contribution >= 0.6 is 24.0 Å². The molecule has 0 amide bonds. The Morgan fingerprint density at radius 1 is 0.968 bits per heavy atom. The summed E-state index contributed by atoms with van der Waals surface area (Å²) in [5, 5.41) is 11.7. The second kappa shape index (κ2) is 12.4. The predicted molar refractivity (Wildman–Crippen MR) is 136 cm³/mol. The number of sulfonamides is 1. The predicted octanol–water partition coefficient (Wildman–Crippen LogP) is 2.46. The molecule has 0 aromatic heterocycles. The highest BCUT2D eigenvalue weighted by molar-refractivity contribution is 14.0. The van der Waals surface area contributed by atoms with Gasteiger partial charge in [0.1, 0.15) is 0 Å². The number of nitrogens with zero attached hydrogens (tertiary/aromatic N) is 2. The molecule has 0 atom stereocenters. The maximum atomic E-state index is 11.3. The first-order valence-electron chi connectivity index (χ1n) is 10.3. The molecule has 4 N–H and O–H groups in total. The lowest BCUT2D eigenvalue weighted by molar-refractivity contribution is 0.331. The highest BCUT2D eigenvalue weighted by Crippen LogP contribution is 2.13. The van der Waals surface area contributed by atoms with E-state index < -0.39 is 10.0 Å². The average molecular weight is 558 g/mol. The third kappa shape index (κ3) is 8.40. The fourth-order valence-electron chi connectivity index (χ4n) is 3.54. The fraction of sp³-hybridized carbons (Fsp3) is 0.409. The van der Waals surface area contributed by atoms with Gasteiger partial charge in [0.25, 0.3) is 0 Å². The van der Waals surface area contributed by atoms with E-state index >= 15 is 0 Å². The highest BCUT2D eigenvalue weighted by Gasteiger charge is 2.11. The zero-order valence-corrected chi connectivity index (χ0v) is 21.0. The van der Waals surface area contributed by atoms with Gasteiger partial charge < -0.3 is 10.6 Å². The van der Waals surface area contributed by atoms with Crippen molar-refractivity contribution in [3.05, 3.63) is 65.2 Å². The fourth-order valence-corrected chi connectivity index (χ4v) is 4.05. The number of nitrogens with one attached hydrogen (secondary N) is 2. The van der Waals surface area contributed by atoms with E-state index in [2.05, 4.69) is 44.8 Å². The van der Waals surface area contributed by atoms with Crippen LogP contribution < -0.4 is 15.8 Å². The van der Waals surface area contributed by atoms with Gasteiger partial charge in [0.2, 0.25) is 10.0 Å². The molecule has 31 heavy (non-hydrogen) atoms. The number of likely N-dealkylation sites (tertiary alicyclic amines) is 1. The summed E-state index contributed by atoms with van der Waals surface area (Å²) >= 11 is 0. The molecule has 0 radical (unpaired) electrons. The molecule has 1 aliphatic rings. The molecule has 0 aliphatic carbocycles. The topological polar surface area (TPSA) is 99.8 Å². The van der Waals surface area contributed by atoms with Crippen LogP contribution in [0, 0.1) is 0 Å². The number of primary sulfonamides is 1. The summed E-state index contributed by atoms with van der Waals surface area (Å²) in [5.74, 6) is 0.734. The van der Waals surface area contributed by atoms with Crippen LogP contribution in [0.2, 0.25) is 0 Å². The summed E-state index contributed by atoms with van der Waals surface area (Å²) in [4.78, 5) is 6.89. The number of hydrogen-bond donors (Lipinski definition) is 3. The summed E-state index contributed by atoms with van der Waals surface area (Å²) in [6, 6.07) is 15.4. The van der Waals surface area contributed by atoms with Gasteiger partial charge in [-0.3, -0.25) is 9.89 Å². The number of halogens is 1. The molecular formula is C22H32IN5O2S. The summed E-state index contributed by atoms with van der Waals surface area (Å²) < 4.78 is 22.6. The first-order valence-corrected chi connectivity index (χ1v) is 11.8. The minimum Gasteiger partial charge on any atom is -0.356 e. The minimum atomic E-state index is -3.65. The van der Waals surface area contributed by atoms with Crippen molar-refractivity contribution in [2.75, 3.05) is 26.7 Å². The molecule has 9 heteroatoms. The molecule has 1 fully saturated rings. The standard InChI is InChI=1S/C22H31N5O2S.HI/c1-24-22(25-13-12-18-8-10-21(11-9-18)30(23,28)29)26-16-19-4-6-20(7-5-19)17-27-14-2-3-15-27;/h4-11H,2-3,12-17H2,1H3,(H2,23,28,29)(H2,24,25,26);1H. The largest absolute Gasteiger partial charge is 0.356 e. The Kier molecular flexibility index (Phi) is 10.2. The summed E-state index contributed by atoms with van der Waals surface area (Å²) in [6.45, 7) is 4.84. The molecular weight excluding hydrogens is 525 g/mol. The van der Waals surface area contributed by atoms with Gasteiger partial charge in [0.15, 0.2) is 5.96 Å². The van der Waals surface area contributed by atoms with Gasteiger partial charge in [-0.2, -0.15) is 0 Å². The maximum Gasteiger partial charge on any atom is 0.238 e. The SMILES string of the molecule is CN=C(NCCc1ccc(S(N)(=O)=O)cc1)NCc1ccc(CN2CCCC2)cc1.I. The molecule has 7 nitrogen and oxygen atoms in total. The quantitative estimate of drug-likeness (QED) is 0.263. The van der Waals surface area contributed by atoms with Gasteiger partial charge >= 0.3 is 0 Å². The lowest BCUT2D eigenvalue weighted by atomic mass is 10.1. The van der Waals surface area contributed by atoms with Crippen molar-refractivity contribution in [1.82, 2.24) is 15.5 Å². The van der Waals surface area contributed by atoms with E-state index in [9.17, 15) is 8.42 Å². The smallest absolute Gasteiger partial charge is 0.238 e. The van der Waals surface area contributed by atoms with Gasteiger partial charge in [-0.15, -0.1) is 24.0 Å². The van der Waals surface area contributed by atoms with Crippen molar-refractivity contribution < 1.29 is 8.42 Å². The Bertz CT molecular complexity index is 941. The molecule has 0 unspecified atom stereocenters. The van der Waals surface area contributed by atoms with Gasteiger partial charge in [-0.05, 0) is 61.2 Å². The van der Waals surface area contributed by atoms with Crippen LogP contribution in [0.25, 0.3) is 0 Å². The number of nitrogens with two attached hydrogens (primary N) is 1. The van der Waals surface area contributed by atoms with Crippen LogP contribution in [0.1, 0.15) is 29.5 Å². The van der Waals surface area contributed by atoms with Crippen LogP contribution in [0.3, 0.4) is 0 Å². The van der Waals surface area contributed by atoms with Crippen molar-refractivity contribution in [3.8, 4) is 0 Å². The zero-order valence-electron chi connectivity index (χ0n) is 17.9. The molecule has 0 bridgehead atoms. The maximum absolute atomic E-state index is 11.3. The highest BCUT2D eigenvalue weighted by atomic mass is 127. The van der Waals surface area contributed by atoms with Crippen molar-refractivity contribution in [3.63, 3.8) is 0 Å². The van der Waals surface area contributed by atoms with Crippen LogP contribution in [-0.4, -0.2) is 46.0 Å². The molecule has 0 saturated carbocycles. The normalized spacial score (nSPS) is 14.8. The van der Waals surface area contributed by atoms with Gasteiger partial charge in [0, 0.05) is 26.7 Å². The average Bonchev–Trinajstić information content (AvgIpc) is 3.24. The van der Waals surface area contributed by atoms with Crippen LogP contribution in [0.15, 0.2) is 58.4 Å². The van der Waals surface area contributed by atoms with Crippen molar-refractivity contribution in [2.24, 2.45) is 10.1 Å². The Labute approximate surface area is 202 Å². The summed E-state index contributed by atoms with van der Waals surface area (Å²) in [7, 11) is -1.90. The zero-order chi connectivity index (χ0) is 21.4. The molecule has 0 spiro atoms. The van der Waals surface area contributed by atoms with Gasteiger partial charge in [-0.1, -0.05) is 36.4 Å². The summed E-state index contributed by atoms with van der Waals surface area (Å²) in [6.07, 6.45) is 3.38. The van der Waals surface area contributed by atoms with Crippen molar-refractivity contribution in [2.45, 2.75) is 37.2 Å². The molecule has 2 aromatic carbocycles. The number of hydrogen-bond acceptors (Lipinski definition) is 4. The molecule has 3 rings (SSSR count). The number of rotatable bonds is 8. The number of guanidine groups is 1. The van der Waals surface area contributed by atoms with Crippen LogP contribution in [-0.2, 0) is 29.5 Å². The summed E-state index contributed by atoms with van der Waals surface area (Å²) in [5.41, 5.74) is 3.59. The molecule has 1 saturated heterocycles. The number of benzene rings is 2. The lowest BCUT2D eigenvalue weighted by Gasteiger charge is -2.15. The Morgan fingerprint density at radius 3 is 2.13 bits per heavy atom. The second-order valence-corrected chi connectivity index (χ2v) is 9.15. The van der Waals surface area contributed by atoms with Gasteiger partial charge in [0.05, 0.1) is 4.90 Å². The van der Waals surface area contributed by atoms with Crippen LogP contribution in [0.5, 0.6) is 0 Å². The lowest BCUT2D eigenvalue weighted by Crippen LogP contribution is -2.37. The third-order valence-electron chi connectivity index (χ3n) is 5.27. The molecule has 170 valence electrons. The van der Waals surface area contributed by atoms with Gasteiger partial charge in [-0.25, -0.2) is 13.6 Å². The van der Waals surface area contributed by atoms with Crippen LogP contribution in [0.4, 0.5) is 0 Å². The van der Waals surface area contributed by atoms with Crippen molar-refractivity contribution >= 4 is 40.0 Å². The number of aliphatic imine (C=N–C) groups is 1. The Balaban J connectivity index is 0.00000341. The molecule has 2 aromatic rings. The third-order valence-corrected chi connectivity index (χ3v) is 6.20. The molecule has 1 heterocycles.